The molecule has 4 aliphatic heterocycles. The Hall–Kier alpha value is -1.97. The lowest BCUT2D eigenvalue weighted by Crippen LogP contribution is -2.55. The second-order valence-electron chi connectivity index (χ2n) is 10.3. The number of amides is 1. The number of piperidine rings is 1. The van der Waals surface area contributed by atoms with Gasteiger partial charge in [-0.25, -0.2) is 4.79 Å². The number of hydrogen-bond donors (Lipinski definition) is 1. The van der Waals surface area contributed by atoms with Gasteiger partial charge in [0.2, 0.25) is 5.91 Å². The third kappa shape index (κ3) is 5.47. The summed E-state index contributed by atoms with van der Waals surface area (Å²) >= 11 is 0. The number of fused-ring (bicyclic) bond motifs is 1. The first kappa shape index (κ1) is 25.1. The summed E-state index contributed by atoms with van der Waals surface area (Å²) in [6.07, 6.45) is 0.435. The van der Waals surface area contributed by atoms with Crippen molar-refractivity contribution in [2.75, 3.05) is 39.8 Å². The van der Waals surface area contributed by atoms with Gasteiger partial charge in [-0.3, -0.25) is 4.79 Å². The van der Waals surface area contributed by atoms with Gasteiger partial charge >= 0.3 is 6.16 Å². The first-order valence-corrected chi connectivity index (χ1v) is 12.1. The Bertz CT molecular complexity index is 808. The molecule has 0 spiro atoms. The number of nitrogens with zero attached hydrogens (tertiary/aromatic N) is 3. The summed E-state index contributed by atoms with van der Waals surface area (Å²) in [5.74, 6) is -0.819. The highest BCUT2D eigenvalue weighted by atomic mass is 16.8. The predicted octanol–water partition coefficient (Wildman–Crippen LogP) is 0.973. The van der Waals surface area contributed by atoms with Gasteiger partial charge in [-0.15, -0.1) is 0 Å². The monoisotopic (exact) mass is 480 g/mol. The minimum Gasteiger partial charge on any atom is -0.438 e. The van der Waals surface area contributed by atoms with E-state index in [-0.39, 0.29) is 24.0 Å². The van der Waals surface area contributed by atoms with Crippen molar-refractivity contribution in [2.45, 2.75) is 88.4 Å². The number of carbonyl (C=O) groups excluding carboxylic acids is 2. The van der Waals surface area contributed by atoms with Crippen molar-refractivity contribution < 1.29 is 33.3 Å². The van der Waals surface area contributed by atoms with E-state index in [1.54, 1.807) is 18.7 Å². The molecule has 4 rings (SSSR count). The second-order valence-corrected chi connectivity index (χ2v) is 10.3. The van der Waals surface area contributed by atoms with Crippen LogP contribution in [0, 0.1) is 11.3 Å². The van der Waals surface area contributed by atoms with Crippen molar-refractivity contribution in [2.24, 2.45) is 0 Å². The molecule has 0 radical (unpaired) electrons. The Kier molecular flexibility index (Phi) is 7.36. The molecule has 0 unspecified atom stereocenters. The van der Waals surface area contributed by atoms with E-state index in [0.717, 1.165) is 38.8 Å². The molecule has 11 nitrogen and oxygen atoms in total. The molecule has 0 aromatic carbocycles. The molecule has 0 saturated carbocycles. The van der Waals surface area contributed by atoms with Crippen molar-refractivity contribution in [3.63, 3.8) is 0 Å². The molecule has 4 saturated heterocycles. The zero-order valence-electron chi connectivity index (χ0n) is 20.5. The Morgan fingerprint density at radius 3 is 2.59 bits per heavy atom. The first-order chi connectivity index (χ1) is 16.1. The van der Waals surface area contributed by atoms with Crippen molar-refractivity contribution >= 4 is 12.1 Å². The van der Waals surface area contributed by atoms with Crippen LogP contribution in [0.1, 0.15) is 46.5 Å². The van der Waals surface area contributed by atoms with Crippen LogP contribution in [0.4, 0.5) is 4.79 Å². The van der Waals surface area contributed by atoms with Crippen molar-refractivity contribution in [3.05, 3.63) is 0 Å². The van der Waals surface area contributed by atoms with E-state index < -0.39 is 36.5 Å². The Morgan fingerprint density at radius 2 is 1.91 bits per heavy atom. The SMILES string of the molecule is COC(=O)O[C@H]1[C@H]2OC(C)(C)O[C@H]2O[C@@H]1CN1CCC(C)(NCC(=O)N2CCC[C@H]2C#N)CC1. The van der Waals surface area contributed by atoms with E-state index in [9.17, 15) is 14.9 Å². The predicted molar refractivity (Wildman–Crippen MR) is 118 cm³/mol. The van der Waals surface area contributed by atoms with Crippen LogP contribution < -0.4 is 5.32 Å². The molecule has 5 atom stereocenters. The Balaban J connectivity index is 1.28. The average molecular weight is 481 g/mol. The number of ether oxygens (including phenoxy) is 5. The molecule has 0 bridgehead atoms. The lowest BCUT2D eigenvalue weighted by molar-refractivity contribution is -0.217. The highest BCUT2D eigenvalue weighted by Crippen LogP contribution is 2.39. The highest BCUT2D eigenvalue weighted by Gasteiger charge is 2.57. The van der Waals surface area contributed by atoms with Crippen molar-refractivity contribution in [3.8, 4) is 6.07 Å². The van der Waals surface area contributed by atoms with E-state index in [4.69, 9.17) is 23.7 Å². The summed E-state index contributed by atoms with van der Waals surface area (Å²) in [4.78, 5) is 28.4. The molecule has 34 heavy (non-hydrogen) atoms. The van der Waals surface area contributed by atoms with Crippen LogP contribution in [0.5, 0.6) is 0 Å². The van der Waals surface area contributed by atoms with Gasteiger partial charge in [0.05, 0.1) is 19.7 Å². The smallest absolute Gasteiger partial charge is 0.438 e. The Labute approximate surface area is 200 Å². The van der Waals surface area contributed by atoms with Gasteiger partial charge in [0.15, 0.2) is 24.3 Å². The van der Waals surface area contributed by atoms with Crippen LogP contribution in [0.2, 0.25) is 0 Å². The number of nitrogens with one attached hydrogen (secondary N) is 1. The van der Waals surface area contributed by atoms with Gasteiger partial charge in [-0.05, 0) is 59.5 Å². The molecule has 1 amide bonds. The minimum absolute atomic E-state index is 0.00988. The molecule has 4 fully saturated rings. The van der Waals surface area contributed by atoms with E-state index in [2.05, 4.69) is 23.2 Å². The lowest BCUT2D eigenvalue weighted by Gasteiger charge is -2.41. The standard InChI is InChI=1S/C23H36N4O7/c1-22(2)33-19-18(32-21(29)30-4)16(31-20(19)34-22)14-26-10-7-23(3,8-11-26)25-13-17(28)27-9-5-6-15(27)12-24/h15-16,18-20,25H,5-11,13-14H2,1-4H3/t15-,16+,18+,19+,20+/m0/s1. The number of likely N-dealkylation sites (tertiary alicyclic amines) is 2. The van der Waals surface area contributed by atoms with Gasteiger partial charge < -0.3 is 38.8 Å². The maximum atomic E-state index is 12.6. The van der Waals surface area contributed by atoms with Gasteiger partial charge in [-0.2, -0.15) is 5.26 Å². The van der Waals surface area contributed by atoms with Gasteiger partial charge in [0, 0.05) is 18.6 Å². The normalized spacial score (nSPS) is 34.4. The molecule has 11 heteroatoms. The molecule has 4 heterocycles. The lowest BCUT2D eigenvalue weighted by atomic mass is 9.89. The summed E-state index contributed by atoms with van der Waals surface area (Å²) in [5, 5.41) is 12.7. The molecule has 1 N–H and O–H groups in total. The van der Waals surface area contributed by atoms with E-state index in [0.29, 0.717) is 13.1 Å². The molecule has 0 aromatic rings. The molecule has 4 aliphatic rings. The van der Waals surface area contributed by atoms with Gasteiger partial charge in [0.25, 0.3) is 0 Å². The molecular formula is C23H36N4O7. The number of nitriles is 1. The number of rotatable bonds is 6. The third-order valence-electron chi connectivity index (χ3n) is 7.27. The minimum atomic E-state index is -0.809. The van der Waals surface area contributed by atoms with Crippen LogP contribution in [-0.4, -0.2) is 104 Å². The number of hydrogen-bond acceptors (Lipinski definition) is 10. The quantitative estimate of drug-likeness (QED) is 0.550. The second kappa shape index (κ2) is 9.95. The van der Waals surface area contributed by atoms with Crippen LogP contribution >= 0.6 is 0 Å². The summed E-state index contributed by atoms with van der Waals surface area (Å²) in [6.45, 7) is 8.79. The van der Waals surface area contributed by atoms with Crippen molar-refractivity contribution in [1.82, 2.24) is 15.1 Å². The van der Waals surface area contributed by atoms with Crippen molar-refractivity contribution in [1.29, 1.82) is 5.26 Å². The molecular weight excluding hydrogens is 444 g/mol. The zero-order valence-corrected chi connectivity index (χ0v) is 20.5. The molecule has 190 valence electrons. The topological polar surface area (TPSA) is 123 Å². The highest BCUT2D eigenvalue weighted by molar-refractivity contribution is 5.79. The van der Waals surface area contributed by atoms with Crippen LogP contribution in [0.15, 0.2) is 0 Å². The van der Waals surface area contributed by atoms with E-state index in [1.165, 1.54) is 7.11 Å². The summed E-state index contributed by atoms with van der Waals surface area (Å²) < 4.78 is 28.0. The van der Waals surface area contributed by atoms with E-state index in [1.807, 2.05) is 0 Å². The average Bonchev–Trinajstić information content (AvgIpc) is 3.47. The van der Waals surface area contributed by atoms with Gasteiger partial charge in [0.1, 0.15) is 12.1 Å². The number of methoxy groups -OCH3 is 1. The summed E-state index contributed by atoms with van der Waals surface area (Å²) in [6, 6.07) is 1.92. The van der Waals surface area contributed by atoms with Gasteiger partial charge in [-0.1, -0.05) is 0 Å². The molecule has 0 aromatic heterocycles. The summed E-state index contributed by atoms with van der Waals surface area (Å²) in [7, 11) is 1.27. The zero-order chi connectivity index (χ0) is 24.5. The fourth-order valence-corrected chi connectivity index (χ4v) is 5.25. The maximum Gasteiger partial charge on any atom is 0.508 e. The fourth-order valence-electron chi connectivity index (χ4n) is 5.25. The van der Waals surface area contributed by atoms with Crippen LogP contribution in [-0.2, 0) is 28.5 Å². The molecule has 0 aliphatic carbocycles. The Morgan fingerprint density at radius 1 is 1.18 bits per heavy atom. The third-order valence-corrected chi connectivity index (χ3v) is 7.27. The van der Waals surface area contributed by atoms with Crippen LogP contribution in [0.25, 0.3) is 0 Å². The number of carbonyl (C=O) groups is 2. The maximum absolute atomic E-state index is 12.6. The first-order valence-electron chi connectivity index (χ1n) is 12.1. The van der Waals surface area contributed by atoms with E-state index >= 15 is 0 Å². The largest absolute Gasteiger partial charge is 0.508 e. The summed E-state index contributed by atoms with van der Waals surface area (Å²) in [5.41, 5.74) is -0.167. The van der Waals surface area contributed by atoms with Crippen LogP contribution in [0.3, 0.4) is 0 Å². The fraction of sp³-hybridized carbons (Fsp3) is 0.870.